The summed E-state index contributed by atoms with van der Waals surface area (Å²) >= 11 is 0. The fraction of sp³-hybridized carbons (Fsp3) is 0.333. The molecular weight excluding hydrogens is 410 g/mol. The first-order chi connectivity index (χ1) is 14.2. The van der Waals surface area contributed by atoms with Gasteiger partial charge in [-0.25, -0.2) is 4.79 Å². The molecule has 0 fully saturated rings. The van der Waals surface area contributed by atoms with E-state index in [1.807, 2.05) is 13.0 Å². The number of ether oxygens (including phenoxy) is 1. The second-order valence-electron chi connectivity index (χ2n) is 6.93. The molecule has 0 heterocycles. The monoisotopic (exact) mass is 435 g/mol. The highest BCUT2D eigenvalue weighted by atomic mass is 32.2. The van der Waals surface area contributed by atoms with Crippen LogP contribution in [0.25, 0.3) is 0 Å². The Hall–Kier alpha value is -2.91. The molecule has 2 aromatic carbocycles. The molecule has 1 unspecified atom stereocenters. The van der Waals surface area contributed by atoms with Gasteiger partial charge in [-0.2, -0.15) is 8.42 Å². The van der Waals surface area contributed by atoms with Crippen molar-refractivity contribution in [3.8, 4) is 0 Å². The fourth-order valence-electron chi connectivity index (χ4n) is 2.57. The van der Waals surface area contributed by atoms with E-state index in [0.29, 0.717) is 0 Å². The normalized spacial score (nSPS) is 13.3. The molecule has 2 atom stereocenters. The average Bonchev–Trinajstić information content (AvgIpc) is 2.71. The molecule has 9 heteroatoms. The third-order valence-electron chi connectivity index (χ3n) is 4.33. The number of carbonyl (C=O) groups is 2. The van der Waals surface area contributed by atoms with Crippen molar-refractivity contribution in [2.24, 2.45) is 5.92 Å². The van der Waals surface area contributed by atoms with Gasteiger partial charge in [-0.15, -0.1) is 0 Å². The van der Waals surface area contributed by atoms with Crippen LogP contribution in [0, 0.1) is 12.8 Å². The molecule has 0 spiro atoms. The lowest BCUT2D eigenvalue weighted by Crippen LogP contribution is -2.41. The summed E-state index contributed by atoms with van der Waals surface area (Å²) in [7, 11) is -4.06. The van der Waals surface area contributed by atoms with Crippen LogP contribution in [0.2, 0.25) is 0 Å². The molecule has 1 amide bonds. The summed E-state index contributed by atoms with van der Waals surface area (Å²) in [6.07, 6.45) is -0.822. The number of aliphatic carboxylic acids is 1. The Morgan fingerprint density at radius 3 is 2.30 bits per heavy atom. The smallest absolute Gasteiger partial charge is 0.407 e. The topological polar surface area (TPSA) is 119 Å². The minimum absolute atomic E-state index is 0.0233. The van der Waals surface area contributed by atoms with Crippen molar-refractivity contribution >= 4 is 22.2 Å². The number of alkyl carbamates (subject to hydrolysis) is 1. The van der Waals surface area contributed by atoms with Crippen LogP contribution in [-0.2, 0) is 30.4 Å². The van der Waals surface area contributed by atoms with Crippen LogP contribution in [0.4, 0.5) is 4.79 Å². The van der Waals surface area contributed by atoms with Crippen molar-refractivity contribution in [1.29, 1.82) is 0 Å². The Kier molecular flexibility index (Phi) is 8.37. The lowest BCUT2D eigenvalue weighted by Gasteiger charge is -2.20. The number of benzene rings is 2. The number of aryl methyl sites for hydroxylation is 1. The summed E-state index contributed by atoms with van der Waals surface area (Å²) < 4.78 is 35.0. The minimum atomic E-state index is -4.06. The third kappa shape index (κ3) is 7.49. The van der Waals surface area contributed by atoms with Crippen molar-refractivity contribution in [2.45, 2.75) is 37.8 Å². The Labute approximate surface area is 176 Å². The standard InChI is InChI=1S/C21H25NO7S/c1-15-8-10-19(11-9-15)30(26,27)29-14-18(12-16(2)20(23)24)22-21(25)28-13-17-6-4-3-5-7-17/h3-11,16,18H,12-14H2,1-2H3,(H,22,25)(H,23,24)/t16?,18-/m0/s1. The molecule has 0 bridgehead atoms. The van der Waals surface area contributed by atoms with Crippen molar-refractivity contribution < 1.29 is 32.0 Å². The molecule has 2 rings (SSSR count). The highest BCUT2D eigenvalue weighted by Gasteiger charge is 2.24. The van der Waals surface area contributed by atoms with E-state index in [1.165, 1.54) is 19.1 Å². The quantitative estimate of drug-likeness (QED) is 0.550. The van der Waals surface area contributed by atoms with E-state index in [4.69, 9.17) is 14.0 Å². The zero-order valence-electron chi connectivity index (χ0n) is 16.8. The number of nitrogens with one attached hydrogen (secondary N) is 1. The number of amides is 1. The fourth-order valence-corrected chi connectivity index (χ4v) is 3.52. The number of rotatable bonds is 10. The van der Waals surface area contributed by atoms with Crippen molar-refractivity contribution in [3.63, 3.8) is 0 Å². The molecule has 8 nitrogen and oxygen atoms in total. The van der Waals surface area contributed by atoms with Gasteiger partial charge in [0.2, 0.25) is 0 Å². The molecule has 0 saturated carbocycles. The maximum atomic E-state index is 12.4. The van der Waals surface area contributed by atoms with Crippen LogP contribution in [0.15, 0.2) is 59.5 Å². The van der Waals surface area contributed by atoms with Crippen LogP contribution in [0.1, 0.15) is 24.5 Å². The van der Waals surface area contributed by atoms with E-state index in [1.54, 1.807) is 36.4 Å². The summed E-state index contributed by atoms with van der Waals surface area (Å²) in [4.78, 5) is 23.3. The maximum Gasteiger partial charge on any atom is 0.407 e. The van der Waals surface area contributed by atoms with Gasteiger partial charge in [-0.3, -0.25) is 8.98 Å². The molecular formula is C21H25NO7S. The average molecular weight is 435 g/mol. The molecule has 0 aliphatic rings. The van der Waals surface area contributed by atoms with Crippen LogP contribution in [0.3, 0.4) is 0 Å². The maximum absolute atomic E-state index is 12.4. The zero-order valence-corrected chi connectivity index (χ0v) is 17.6. The Morgan fingerprint density at radius 1 is 1.07 bits per heavy atom. The first-order valence-corrected chi connectivity index (χ1v) is 10.7. The molecule has 0 saturated heterocycles. The molecule has 2 N–H and O–H groups in total. The largest absolute Gasteiger partial charge is 0.481 e. The van der Waals surface area contributed by atoms with Crippen LogP contribution >= 0.6 is 0 Å². The Bertz CT molecular complexity index is 943. The molecule has 162 valence electrons. The summed E-state index contributed by atoms with van der Waals surface area (Å²) in [5.41, 5.74) is 1.67. The number of hydrogen-bond donors (Lipinski definition) is 2. The van der Waals surface area contributed by atoms with Gasteiger partial charge in [-0.05, 0) is 31.0 Å². The summed E-state index contributed by atoms with van der Waals surface area (Å²) in [6, 6.07) is 14.2. The number of carboxylic acids is 1. The van der Waals surface area contributed by atoms with Gasteiger partial charge >= 0.3 is 12.1 Å². The lowest BCUT2D eigenvalue weighted by atomic mass is 10.0. The van der Waals surface area contributed by atoms with Crippen molar-refractivity contribution in [1.82, 2.24) is 5.32 Å². The Morgan fingerprint density at radius 2 is 1.70 bits per heavy atom. The second-order valence-corrected chi connectivity index (χ2v) is 8.55. The van der Waals surface area contributed by atoms with Gasteiger partial charge in [-0.1, -0.05) is 55.0 Å². The van der Waals surface area contributed by atoms with Crippen molar-refractivity contribution in [3.05, 3.63) is 65.7 Å². The Balaban J connectivity index is 2.00. The highest BCUT2D eigenvalue weighted by molar-refractivity contribution is 7.86. The number of carboxylic acid groups (broad SMARTS) is 1. The van der Waals surface area contributed by atoms with E-state index in [-0.39, 0.29) is 17.9 Å². The summed E-state index contributed by atoms with van der Waals surface area (Å²) in [5, 5.41) is 11.6. The van der Waals surface area contributed by atoms with Gasteiger partial charge < -0.3 is 15.2 Å². The van der Waals surface area contributed by atoms with E-state index in [0.717, 1.165) is 11.1 Å². The number of hydrogen-bond acceptors (Lipinski definition) is 6. The predicted octanol–water partition coefficient (Wildman–Crippen LogP) is 3.11. The molecule has 2 aromatic rings. The van der Waals surface area contributed by atoms with Gasteiger partial charge in [0, 0.05) is 0 Å². The third-order valence-corrected chi connectivity index (χ3v) is 5.62. The van der Waals surface area contributed by atoms with Gasteiger partial charge in [0.15, 0.2) is 0 Å². The highest BCUT2D eigenvalue weighted by Crippen LogP contribution is 2.15. The predicted molar refractivity (Wildman–Crippen MR) is 109 cm³/mol. The first kappa shape index (κ1) is 23.4. The first-order valence-electron chi connectivity index (χ1n) is 9.33. The molecule has 0 aromatic heterocycles. The van der Waals surface area contributed by atoms with Gasteiger partial charge in [0.05, 0.1) is 23.5 Å². The lowest BCUT2D eigenvalue weighted by molar-refractivity contribution is -0.141. The van der Waals surface area contributed by atoms with E-state index < -0.39 is 40.7 Å². The van der Waals surface area contributed by atoms with Crippen LogP contribution in [-0.4, -0.2) is 38.2 Å². The second kappa shape index (κ2) is 10.7. The summed E-state index contributed by atoms with van der Waals surface area (Å²) in [5.74, 6) is -1.89. The van der Waals surface area contributed by atoms with Crippen LogP contribution in [0.5, 0.6) is 0 Å². The molecule has 0 radical (unpaired) electrons. The van der Waals surface area contributed by atoms with E-state index >= 15 is 0 Å². The molecule has 30 heavy (non-hydrogen) atoms. The van der Waals surface area contributed by atoms with E-state index in [2.05, 4.69) is 5.32 Å². The zero-order chi connectivity index (χ0) is 22.1. The molecule has 0 aliphatic carbocycles. The van der Waals surface area contributed by atoms with Gasteiger partial charge in [0.1, 0.15) is 6.61 Å². The molecule has 0 aliphatic heterocycles. The summed E-state index contributed by atoms with van der Waals surface area (Å²) in [6.45, 7) is 2.89. The SMILES string of the molecule is Cc1ccc(S(=O)(=O)OC[C@H](CC(C)C(=O)O)NC(=O)OCc2ccccc2)cc1. The minimum Gasteiger partial charge on any atom is -0.481 e. The van der Waals surface area contributed by atoms with Crippen molar-refractivity contribution in [2.75, 3.05) is 6.61 Å². The van der Waals surface area contributed by atoms with E-state index in [9.17, 15) is 18.0 Å². The number of carbonyl (C=O) groups excluding carboxylic acids is 1. The van der Waals surface area contributed by atoms with Crippen LogP contribution < -0.4 is 5.32 Å². The van der Waals surface area contributed by atoms with Gasteiger partial charge in [0.25, 0.3) is 10.1 Å².